The Balaban J connectivity index is 1.53. The van der Waals surface area contributed by atoms with E-state index in [0.29, 0.717) is 23.3 Å². The minimum absolute atomic E-state index is 0.0715. The molecule has 7 nitrogen and oxygen atoms in total. The van der Waals surface area contributed by atoms with Crippen LogP contribution < -0.4 is 10.1 Å². The molecule has 164 valence electrons. The fourth-order valence-corrected chi connectivity index (χ4v) is 4.11. The zero-order valence-corrected chi connectivity index (χ0v) is 18.7. The lowest BCUT2D eigenvalue weighted by atomic mass is 10.1. The number of methoxy groups -OCH3 is 1. The number of carbonyl (C=O) groups is 1. The first kappa shape index (κ1) is 21.7. The third kappa shape index (κ3) is 5.03. The van der Waals surface area contributed by atoms with Crippen molar-refractivity contribution in [3.05, 3.63) is 84.3 Å². The Morgan fingerprint density at radius 1 is 1.09 bits per heavy atom. The first-order chi connectivity index (χ1) is 15.7. The van der Waals surface area contributed by atoms with Crippen LogP contribution >= 0.6 is 11.8 Å². The van der Waals surface area contributed by atoms with Gasteiger partial charge in [-0.15, -0.1) is 10.2 Å². The Kier molecular flexibility index (Phi) is 6.91. The maximum Gasteiger partial charge on any atom is 0.230 e. The van der Waals surface area contributed by atoms with E-state index in [0.717, 1.165) is 16.9 Å². The van der Waals surface area contributed by atoms with Gasteiger partial charge in [0, 0.05) is 0 Å². The number of thioether (sulfide) groups is 1. The molecule has 2 aromatic carbocycles. The van der Waals surface area contributed by atoms with Gasteiger partial charge in [0.15, 0.2) is 11.0 Å². The van der Waals surface area contributed by atoms with Crippen molar-refractivity contribution in [1.82, 2.24) is 20.1 Å². The summed E-state index contributed by atoms with van der Waals surface area (Å²) in [4.78, 5) is 12.6. The Bertz CT molecular complexity index is 1160. The number of nitrogens with zero attached hydrogens (tertiary/aromatic N) is 3. The summed E-state index contributed by atoms with van der Waals surface area (Å²) in [5.74, 6) is 2.27. The number of aromatic nitrogens is 3. The molecule has 4 rings (SSSR count). The summed E-state index contributed by atoms with van der Waals surface area (Å²) in [5, 5.41) is 12.4. The number of carbonyl (C=O) groups excluding carboxylic acids is 1. The lowest BCUT2D eigenvalue weighted by molar-refractivity contribution is -0.119. The van der Waals surface area contributed by atoms with E-state index in [1.54, 1.807) is 13.4 Å². The molecule has 1 unspecified atom stereocenters. The summed E-state index contributed by atoms with van der Waals surface area (Å²) in [6, 6.07) is 21.2. The monoisotopic (exact) mass is 448 g/mol. The molecule has 2 heterocycles. The lowest BCUT2D eigenvalue weighted by Crippen LogP contribution is -2.28. The quantitative estimate of drug-likeness (QED) is 0.378. The molecule has 1 amide bonds. The van der Waals surface area contributed by atoms with Crippen molar-refractivity contribution in [2.24, 2.45) is 0 Å². The summed E-state index contributed by atoms with van der Waals surface area (Å²) in [6.07, 6.45) is 1.63. The molecule has 0 aliphatic carbocycles. The average Bonchev–Trinajstić information content (AvgIpc) is 3.48. The molecule has 4 aromatic rings. The second-order valence-electron chi connectivity index (χ2n) is 7.16. The number of benzene rings is 2. The molecule has 0 saturated carbocycles. The maximum atomic E-state index is 12.6. The van der Waals surface area contributed by atoms with Gasteiger partial charge in [-0.2, -0.15) is 0 Å². The van der Waals surface area contributed by atoms with E-state index in [1.807, 2.05) is 78.2 Å². The number of amides is 1. The highest BCUT2D eigenvalue weighted by molar-refractivity contribution is 7.99. The summed E-state index contributed by atoms with van der Waals surface area (Å²) >= 11 is 1.34. The van der Waals surface area contributed by atoms with Crippen LogP contribution in [0.25, 0.3) is 11.4 Å². The van der Waals surface area contributed by atoms with Crippen LogP contribution in [0.2, 0.25) is 0 Å². The topological polar surface area (TPSA) is 82.2 Å². The summed E-state index contributed by atoms with van der Waals surface area (Å²) in [7, 11) is 1.62. The van der Waals surface area contributed by atoms with Gasteiger partial charge < -0.3 is 14.5 Å². The van der Waals surface area contributed by atoms with E-state index in [2.05, 4.69) is 15.5 Å². The van der Waals surface area contributed by atoms with Crippen molar-refractivity contribution in [2.45, 2.75) is 24.7 Å². The molecule has 0 radical (unpaired) electrons. The fraction of sp³-hybridized carbons (Fsp3) is 0.208. The SMILES string of the molecule is COc1ccccc1-c1nnc(SCC(=O)NC(C)c2ccccc2)n1Cc1ccco1. The Morgan fingerprint density at radius 2 is 1.88 bits per heavy atom. The standard InChI is InChI=1S/C24H24N4O3S/c1-17(18-9-4-3-5-10-18)25-22(29)16-32-24-27-26-23(20-12-6-7-13-21(20)30-2)28(24)15-19-11-8-14-31-19/h3-14,17H,15-16H2,1-2H3,(H,25,29). The van der Waals surface area contributed by atoms with E-state index >= 15 is 0 Å². The maximum absolute atomic E-state index is 12.6. The second kappa shape index (κ2) is 10.2. The second-order valence-corrected chi connectivity index (χ2v) is 8.10. The van der Waals surface area contributed by atoms with Crippen LogP contribution in [0.1, 0.15) is 24.3 Å². The van der Waals surface area contributed by atoms with Crippen molar-refractivity contribution >= 4 is 17.7 Å². The number of ether oxygens (including phenoxy) is 1. The van der Waals surface area contributed by atoms with E-state index in [4.69, 9.17) is 9.15 Å². The summed E-state index contributed by atoms with van der Waals surface area (Å²) < 4.78 is 13.0. The Hall–Kier alpha value is -3.52. The first-order valence-electron chi connectivity index (χ1n) is 10.2. The number of rotatable bonds is 9. The number of furan rings is 1. The van der Waals surface area contributed by atoms with Gasteiger partial charge in [-0.1, -0.05) is 54.2 Å². The molecule has 0 saturated heterocycles. The minimum Gasteiger partial charge on any atom is -0.496 e. The predicted molar refractivity (Wildman–Crippen MR) is 124 cm³/mol. The van der Waals surface area contributed by atoms with Crippen LogP contribution in [0.4, 0.5) is 0 Å². The summed E-state index contributed by atoms with van der Waals surface area (Å²) in [6.45, 7) is 2.41. The molecular weight excluding hydrogens is 424 g/mol. The van der Waals surface area contributed by atoms with Gasteiger partial charge in [0.25, 0.3) is 0 Å². The van der Waals surface area contributed by atoms with E-state index < -0.39 is 0 Å². The highest BCUT2D eigenvalue weighted by Crippen LogP contribution is 2.31. The van der Waals surface area contributed by atoms with Crippen LogP contribution in [0, 0.1) is 0 Å². The van der Waals surface area contributed by atoms with Gasteiger partial charge >= 0.3 is 0 Å². The molecule has 0 aliphatic heterocycles. The van der Waals surface area contributed by atoms with Crippen LogP contribution in [-0.2, 0) is 11.3 Å². The highest BCUT2D eigenvalue weighted by Gasteiger charge is 2.20. The molecule has 1 atom stereocenters. The van der Waals surface area contributed by atoms with Crippen LogP contribution in [0.3, 0.4) is 0 Å². The average molecular weight is 449 g/mol. The van der Waals surface area contributed by atoms with Crippen molar-refractivity contribution in [2.75, 3.05) is 12.9 Å². The molecular formula is C24H24N4O3S. The van der Waals surface area contributed by atoms with Crippen LogP contribution in [0.5, 0.6) is 5.75 Å². The van der Waals surface area contributed by atoms with Gasteiger partial charge in [-0.25, -0.2) is 0 Å². The largest absolute Gasteiger partial charge is 0.496 e. The Labute approximate surface area is 190 Å². The number of para-hydroxylation sites is 1. The Morgan fingerprint density at radius 3 is 2.62 bits per heavy atom. The zero-order chi connectivity index (χ0) is 22.3. The normalized spacial score (nSPS) is 11.8. The van der Waals surface area contributed by atoms with Crippen LogP contribution in [0.15, 0.2) is 82.6 Å². The van der Waals surface area contributed by atoms with Crippen molar-refractivity contribution in [3.63, 3.8) is 0 Å². The molecule has 32 heavy (non-hydrogen) atoms. The van der Waals surface area contributed by atoms with Gasteiger partial charge in [-0.05, 0) is 36.8 Å². The van der Waals surface area contributed by atoms with Crippen molar-refractivity contribution in [3.8, 4) is 17.1 Å². The third-order valence-electron chi connectivity index (χ3n) is 4.97. The zero-order valence-electron chi connectivity index (χ0n) is 17.9. The van der Waals surface area contributed by atoms with Gasteiger partial charge in [0.1, 0.15) is 11.5 Å². The van der Waals surface area contributed by atoms with E-state index in [-0.39, 0.29) is 17.7 Å². The van der Waals surface area contributed by atoms with Crippen molar-refractivity contribution < 1.29 is 13.9 Å². The van der Waals surface area contributed by atoms with E-state index in [1.165, 1.54) is 11.8 Å². The number of hydrogen-bond acceptors (Lipinski definition) is 6. The lowest BCUT2D eigenvalue weighted by Gasteiger charge is -2.14. The van der Waals surface area contributed by atoms with Gasteiger partial charge in [-0.3, -0.25) is 9.36 Å². The first-order valence-corrected chi connectivity index (χ1v) is 11.2. The smallest absolute Gasteiger partial charge is 0.230 e. The van der Waals surface area contributed by atoms with Crippen molar-refractivity contribution in [1.29, 1.82) is 0 Å². The molecule has 0 fully saturated rings. The predicted octanol–water partition coefficient (Wildman–Crippen LogP) is 4.56. The molecule has 0 bridgehead atoms. The molecule has 0 spiro atoms. The number of nitrogens with one attached hydrogen (secondary N) is 1. The summed E-state index contributed by atoms with van der Waals surface area (Å²) in [5.41, 5.74) is 1.88. The number of hydrogen-bond donors (Lipinski definition) is 1. The van der Waals surface area contributed by atoms with Gasteiger partial charge in [0.05, 0.1) is 37.3 Å². The third-order valence-corrected chi connectivity index (χ3v) is 5.93. The molecule has 1 N–H and O–H groups in total. The molecule has 2 aromatic heterocycles. The van der Waals surface area contributed by atoms with E-state index in [9.17, 15) is 4.79 Å². The minimum atomic E-state index is -0.0746. The van der Waals surface area contributed by atoms with Gasteiger partial charge in [0.2, 0.25) is 5.91 Å². The molecule has 8 heteroatoms. The fourth-order valence-electron chi connectivity index (χ4n) is 3.36. The molecule has 0 aliphatic rings. The highest BCUT2D eigenvalue weighted by atomic mass is 32.2. The van der Waals surface area contributed by atoms with Crippen LogP contribution in [-0.4, -0.2) is 33.5 Å².